The minimum Gasteiger partial charge on any atom is -0.394 e. The molecule has 2 amide bonds. The Morgan fingerprint density at radius 2 is 1.86 bits per heavy atom. The zero-order valence-corrected chi connectivity index (χ0v) is 12.8. The molecular weight excluding hydrogens is 294 g/mol. The molecule has 1 aromatic rings. The molecule has 0 bridgehead atoms. The summed E-state index contributed by atoms with van der Waals surface area (Å²) in [5, 5.41) is 11.4. The van der Waals surface area contributed by atoms with E-state index in [0.717, 1.165) is 12.1 Å². The topological polar surface area (TPSA) is 69.6 Å². The van der Waals surface area contributed by atoms with Gasteiger partial charge < -0.3 is 15.3 Å². The first-order chi connectivity index (χ1) is 10.3. The molecule has 22 heavy (non-hydrogen) atoms. The van der Waals surface area contributed by atoms with Crippen LogP contribution in [0.4, 0.5) is 8.78 Å². The second-order valence-corrected chi connectivity index (χ2v) is 5.13. The van der Waals surface area contributed by atoms with Gasteiger partial charge in [-0.15, -0.1) is 0 Å². The molecule has 0 saturated heterocycles. The number of hydrogen-bond acceptors (Lipinski definition) is 3. The fraction of sp³-hybridized carbons (Fsp3) is 0.467. The Morgan fingerprint density at radius 1 is 1.32 bits per heavy atom. The van der Waals surface area contributed by atoms with Crippen molar-refractivity contribution in [3.8, 4) is 0 Å². The van der Waals surface area contributed by atoms with Crippen molar-refractivity contribution in [3.05, 3.63) is 35.4 Å². The molecule has 0 aliphatic heterocycles. The molecule has 0 aliphatic carbocycles. The molecule has 5 nitrogen and oxygen atoms in total. The van der Waals surface area contributed by atoms with Crippen molar-refractivity contribution in [2.75, 3.05) is 13.7 Å². The third-order valence-electron chi connectivity index (χ3n) is 3.42. The Balaban J connectivity index is 3.04. The molecule has 2 N–H and O–H groups in total. The van der Waals surface area contributed by atoms with Gasteiger partial charge in [0.15, 0.2) is 0 Å². The summed E-state index contributed by atoms with van der Waals surface area (Å²) in [6.07, 6.45) is -0.307. The van der Waals surface area contributed by atoms with Gasteiger partial charge in [-0.1, -0.05) is 6.07 Å². The maximum Gasteiger partial charge on any atom is 0.225 e. The van der Waals surface area contributed by atoms with Gasteiger partial charge in [-0.3, -0.25) is 9.59 Å². The number of nitrogens with zero attached hydrogens (tertiary/aromatic N) is 1. The van der Waals surface area contributed by atoms with E-state index in [1.807, 2.05) is 0 Å². The van der Waals surface area contributed by atoms with Crippen LogP contribution in [0.5, 0.6) is 0 Å². The van der Waals surface area contributed by atoms with Crippen molar-refractivity contribution in [3.63, 3.8) is 0 Å². The van der Waals surface area contributed by atoms with Gasteiger partial charge in [0.1, 0.15) is 11.6 Å². The zero-order valence-electron chi connectivity index (χ0n) is 12.8. The number of hydrogen-bond donors (Lipinski definition) is 2. The molecule has 2 unspecified atom stereocenters. The monoisotopic (exact) mass is 314 g/mol. The summed E-state index contributed by atoms with van der Waals surface area (Å²) >= 11 is 0. The number of aliphatic hydroxyl groups excluding tert-OH is 1. The summed E-state index contributed by atoms with van der Waals surface area (Å²) in [4.78, 5) is 24.7. The normalized spacial score (nSPS) is 13.4. The number of carbonyl (C=O) groups excluding carboxylic acids is 2. The zero-order chi connectivity index (χ0) is 16.9. The largest absolute Gasteiger partial charge is 0.394 e. The minimum atomic E-state index is -1.11. The van der Waals surface area contributed by atoms with Crippen molar-refractivity contribution in [2.24, 2.45) is 0 Å². The average Bonchev–Trinajstić information content (AvgIpc) is 2.44. The number of nitrogens with one attached hydrogen (secondary N) is 1. The molecule has 2 atom stereocenters. The maximum absolute atomic E-state index is 13.9. The van der Waals surface area contributed by atoms with Crippen LogP contribution >= 0.6 is 0 Å². The Kier molecular flexibility index (Phi) is 6.42. The van der Waals surface area contributed by atoms with E-state index in [1.165, 1.54) is 24.9 Å². The van der Waals surface area contributed by atoms with E-state index >= 15 is 0 Å². The number of benzene rings is 1. The maximum atomic E-state index is 13.9. The number of carbonyl (C=O) groups is 2. The molecule has 122 valence electrons. The molecule has 1 rings (SSSR count). The predicted octanol–water partition coefficient (Wildman–Crippen LogP) is 1.37. The van der Waals surface area contributed by atoms with Crippen LogP contribution in [0.1, 0.15) is 31.9 Å². The van der Waals surface area contributed by atoms with Crippen molar-refractivity contribution < 1.29 is 23.5 Å². The van der Waals surface area contributed by atoms with E-state index in [0.29, 0.717) is 0 Å². The van der Waals surface area contributed by atoms with Gasteiger partial charge in [0, 0.05) is 19.5 Å². The Morgan fingerprint density at radius 3 is 2.32 bits per heavy atom. The van der Waals surface area contributed by atoms with E-state index < -0.39 is 35.5 Å². The molecular formula is C15H20F2N2O3. The SMILES string of the molecule is CC(=O)NC(CC(=O)N(C)C(C)CO)c1c(F)cccc1F. The third kappa shape index (κ3) is 4.49. The van der Waals surface area contributed by atoms with E-state index in [2.05, 4.69) is 5.32 Å². The lowest BCUT2D eigenvalue weighted by Crippen LogP contribution is -2.40. The highest BCUT2D eigenvalue weighted by Crippen LogP contribution is 2.24. The molecule has 1 aromatic carbocycles. The standard InChI is InChI=1S/C15H20F2N2O3/c1-9(8-20)19(3)14(22)7-13(18-10(2)21)15-11(16)5-4-6-12(15)17/h4-6,9,13,20H,7-8H2,1-3H3,(H,18,21). The quantitative estimate of drug-likeness (QED) is 0.833. The molecule has 0 fully saturated rings. The van der Waals surface area contributed by atoms with Crippen LogP contribution in [0, 0.1) is 11.6 Å². The van der Waals surface area contributed by atoms with Gasteiger partial charge in [0.2, 0.25) is 11.8 Å². The summed E-state index contributed by atoms with van der Waals surface area (Å²) < 4.78 is 27.7. The van der Waals surface area contributed by atoms with E-state index in [-0.39, 0.29) is 18.6 Å². The number of halogens is 2. The van der Waals surface area contributed by atoms with Crippen LogP contribution in [0.25, 0.3) is 0 Å². The summed E-state index contributed by atoms with van der Waals surface area (Å²) in [5.74, 6) is -2.60. The highest BCUT2D eigenvalue weighted by atomic mass is 19.1. The first kappa shape index (κ1) is 18.0. The van der Waals surface area contributed by atoms with E-state index in [1.54, 1.807) is 6.92 Å². The van der Waals surface area contributed by atoms with Crippen LogP contribution in [0.2, 0.25) is 0 Å². The fourth-order valence-corrected chi connectivity index (χ4v) is 2.00. The van der Waals surface area contributed by atoms with Gasteiger partial charge >= 0.3 is 0 Å². The predicted molar refractivity (Wildman–Crippen MR) is 76.9 cm³/mol. The molecule has 0 aliphatic rings. The molecule has 0 radical (unpaired) electrons. The first-order valence-electron chi connectivity index (χ1n) is 6.85. The van der Waals surface area contributed by atoms with Crippen molar-refractivity contribution >= 4 is 11.8 Å². The number of aliphatic hydroxyl groups is 1. The van der Waals surface area contributed by atoms with Gasteiger partial charge in [-0.2, -0.15) is 0 Å². The second-order valence-electron chi connectivity index (χ2n) is 5.13. The Hall–Kier alpha value is -2.02. The number of likely N-dealkylation sites (N-methyl/N-ethyl adjacent to an activating group) is 1. The third-order valence-corrected chi connectivity index (χ3v) is 3.42. The van der Waals surface area contributed by atoms with Gasteiger partial charge in [0.05, 0.1) is 25.1 Å². The molecule has 0 saturated carbocycles. The fourth-order valence-electron chi connectivity index (χ4n) is 2.00. The van der Waals surface area contributed by atoms with Crippen LogP contribution < -0.4 is 5.32 Å². The van der Waals surface area contributed by atoms with Crippen LogP contribution in [-0.2, 0) is 9.59 Å². The molecule has 7 heteroatoms. The molecule has 0 aromatic heterocycles. The van der Waals surface area contributed by atoms with Crippen LogP contribution in [-0.4, -0.2) is 41.5 Å². The lowest BCUT2D eigenvalue weighted by atomic mass is 10.0. The highest BCUT2D eigenvalue weighted by Gasteiger charge is 2.26. The summed E-state index contributed by atoms with van der Waals surface area (Å²) in [7, 11) is 1.48. The number of amides is 2. The number of rotatable bonds is 6. The molecule has 0 heterocycles. The highest BCUT2D eigenvalue weighted by molar-refractivity contribution is 5.79. The van der Waals surface area contributed by atoms with E-state index in [9.17, 15) is 18.4 Å². The van der Waals surface area contributed by atoms with E-state index in [4.69, 9.17) is 5.11 Å². The summed E-state index contributed by atoms with van der Waals surface area (Å²) in [6.45, 7) is 2.60. The summed E-state index contributed by atoms with van der Waals surface area (Å²) in [5.41, 5.74) is -0.351. The molecule has 0 spiro atoms. The Labute approximate surface area is 127 Å². The summed E-state index contributed by atoms with van der Waals surface area (Å²) in [6, 6.07) is 1.80. The van der Waals surface area contributed by atoms with Crippen molar-refractivity contribution in [1.29, 1.82) is 0 Å². The second kappa shape index (κ2) is 7.84. The van der Waals surface area contributed by atoms with Gasteiger partial charge in [0.25, 0.3) is 0 Å². The van der Waals surface area contributed by atoms with Crippen LogP contribution in [0.15, 0.2) is 18.2 Å². The Bertz CT molecular complexity index is 531. The average molecular weight is 314 g/mol. The van der Waals surface area contributed by atoms with Crippen molar-refractivity contribution in [2.45, 2.75) is 32.4 Å². The van der Waals surface area contributed by atoms with Gasteiger partial charge in [-0.05, 0) is 19.1 Å². The first-order valence-corrected chi connectivity index (χ1v) is 6.85. The van der Waals surface area contributed by atoms with Crippen molar-refractivity contribution in [1.82, 2.24) is 10.2 Å². The van der Waals surface area contributed by atoms with Gasteiger partial charge in [-0.25, -0.2) is 8.78 Å². The lowest BCUT2D eigenvalue weighted by Gasteiger charge is -2.26. The lowest BCUT2D eigenvalue weighted by molar-refractivity contribution is -0.133. The van der Waals surface area contributed by atoms with Crippen LogP contribution in [0.3, 0.4) is 0 Å². The minimum absolute atomic E-state index is 0.235. The smallest absolute Gasteiger partial charge is 0.225 e.